The number of aromatic nitrogens is 1. The molecule has 0 saturated carbocycles. The molecule has 2 aromatic rings. The van der Waals surface area contributed by atoms with Gasteiger partial charge in [-0.2, -0.15) is 0 Å². The fraction of sp³-hybridized carbons (Fsp3) is 0.389. The number of hydrogen-bond donors (Lipinski definition) is 1. The van der Waals surface area contributed by atoms with Gasteiger partial charge in [0.05, 0.1) is 6.10 Å². The molecule has 0 aliphatic carbocycles. The van der Waals surface area contributed by atoms with E-state index in [4.69, 9.17) is 11.6 Å². The summed E-state index contributed by atoms with van der Waals surface area (Å²) < 4.78 is 0. The quantitative estimate of drug-likeness (QED) is 0.719. The van der Waals surface area contributed by atoms with Crippen molar-refractivity contribution in [2.75, 3.05) is 19.6 Å². The van der Waals surface area contributed by atoms with Crippen LogP contribution in [0.4, 0.5) is 0 Å². The lowest BCUT2D eigenvalue weighted by molar-refractivity contribution is 0.113. The van der Waals surface area contributed by atoms with Gasteiger partial charge in [-0.05, 0) is 54.8 Å². The average molecular weight is 400 g/mol. The van der Waals surface area contributed by atoms with E-state index in [1.54, 1.807) is 12.4 Å². The van der Waals surface area contributed by atoms with Crippen LogP contribution in [0.25, 0.3) is 0 Å². The van der Waals surface area contributed by atoms with E-state index in [2.05, 4.69) is 28.9 Å². The lowest BCUT2D eigenvalue weighted by atomic mass is 10.1. The molecule has 2 rings (SSSR count). The highest BCUT2D eigenvalue weighted by Gasteiger charge is 2.13. The summed E-state index contributed by atoms with van der Waals surface area (Å²) in [4.78, 5) is 6.30. The van der Waals surface area contributed by atoms with E-state index in [9.17, 15) is 5.11 Å². The van der Waals surface area contributed by atoms with Crippen LogP contribution in [0.2, 0.25) is 5.02 Å². The summed E-state index contributed by atoms with van der Waals surface area (Å²) in [5, 5.41) is 11.1. The Morgan fingerprint density at radius 3 is 2.35 bits per heavy atom. The van der Waals surface area contributed by atoms with Gasteiger partial charge in [-0.15, -0.1) is 17.0 Å². The standard InChI is InChI=1S/C18H23ClN2O.BrH/c1-2-12-21(13-9-15-3-5-17(19)6-4-15)14-18(22)16-7-10-20-11-8-16;/h3-8,10-11,18,22H,2,9,12-14H2,1H3;1H. The Morgan fingerprint density at radius 2 is 1.74 bits per heavy atom. The van der Waals surface area contributed by atoms with Crippen LogP contribution in [0.15, 0.2) is 48.8 Å². The number of aliphatic hydroxyl groups is 1. The molecule has 1 aromatic heterocycles. The number of pyridine rings is 1. The Hall–Kier alpha value is -0.940. The van der Waals surface area contributed by atoms with Crippen molar-refractivity contribution in [3.05, 3.63) is 64.9 Å². The minimum atomic E-state index is -0.472. The van der Waals surface area contributed by atoms with Crippen molar-refractivity contribution in [3.8, 4) is 0 Å². The lowest BCUT2D eigenvalue weighted by Gasteiger charge is -2.24. The van der Waals surface area contributed by atoms with Crippen LogP contribution in [0.3, 0.4) is 0 Å². The molecule has 0 spiro atoms. The predicted molar refractivity (Wildman–Crippen MR) is 101 cm³/mol. The first-order chi connectivity index (χ1) is 10.7. The molecule has 0 amide bonds. The third-order valence-electron chi connectivity index (χ3n) is 3.69. The van der Waals surface area contributed by atoms with Gasteiger partial charge in [0.2, 0.25) is 0 Å². The van der Waals surface area contributed by atoms with Crippen LogP contribution in [0.5, 0.6) is 0 Å². The molecular weight excluding hydrogens is 376 g/mol. The van der Waals surface area contributed by atoms with Gasteiger partial charge in [0.1, 0.15) is 0 Å². The summed E-state index contributed by atoms with van der Waals surface area (Å²) in [6, 6.07) is 11.7. The summed E-state index contributed by atoms with van der Waals surface area (Å²) in [5.74, 6) is 0. The maximum absolute atomic E-state index is 10.4. The normalized spacial score (nSPS) is 12.0. The first-order valence-electron chi connectivity index (χ1n) is 7.74. The Bertz CT molecular complexity index is 551. The molecule has 1 aromatic carbocycles. The predicted octanol–water partition coefficient (Wildman–Crippen LogP) is 4.30. The van der Waals surface area contributed by atoms with Crippen LogP contribution >= 0.6 is 28.6 Å². The maximum atomic E-state index is 10.4. The molecule has 0 saturated heterocycles. The fourth-order valence-electron chi connectivity index (χ4n) is 2.48. The number of halogens is 2. The SMILES string of the molecule is Br.CCCN(CCc1ccc(Cl)cc1)CC(O)c1ccncc1. The van der Waals surface area contributed by atoms with E-state index >= 15 is 0 Å². The zero-order chi connectivity index (χ0) is 15.8. The van der Waals surface area contributed by atoms with Crippen molar-refractivity contribution in [1.29, 1.82) is 0 Å². The molecule has 0 bridgehead atoms. The van der Waals surface area contributed by atoms with E-state index < -0.39 is 6.10 Å². The molecule has 126 valence electrons. The molecule has 1 unspecified atom stereocenters. The van der Waals surface area contributed by atoms with Gasteiger partial charge >= 0.3 is 0 Å². The molecule has 0 fully saturated rings. The summed E-state index contributed by atoms with van der Waals surface area (Å²) in [6.45, 7) is 4.72. The van der Waals surface area contributed by atoms with Gasteiger partial charge in [-0.25, -0.2) is 0 Å². The van der Waals surface area contributed by atoms with Gasteiger partial charge in [0.15, 0.2) is 0 Å². The van der Waals surface area contributed by atoms with Crippen LogP contribution in [-0.4, -0.2) is 34.6 Å². The van der Waals surface area contributed by atoms with E-state index in [1.807, 2.05) is 24.3 Å². The van der Waals surface area contributed by atoms with Crippen LogP contribution in [0.1, 0.15) is 30.6 Å². The fourth-order valence-corrected chi connectivity index (χ4v) is 2.61. The highest BCUT2D eigenvalue weighted by molar-refractivity contribution is 8.93. The molecule has 1 heterocycles. The second kappa shape index (κ2) is 10.8. The highest BCUT2D eigenvalue weighted by Crippen LogP contribution is 2.15. The van der Waals surface area contributed by atoms with Gasteiger partial charge in [0.25, 0.3) is 0 Å². The van der Waals surface area contributed by atoms with Gasteiger partial charge in [-0.3, -0.25) is 4.98 Å². The number of hydrogen-bond acceptors (Lipinski definition) is 3. The smallest absolute Gasteiger partial charge is 0.0918 e. The zero-order valence-electron chi connectivity index (χ0n) is 13.4. The maximum Gasteiger partial charge on any atom is 0.0918 e. The monoisotopic (exact) mass is 398 g/mol. The third-order valence-corrected chi connectivity index (χ3v) is 3.94. The van der Waals surface area contributed by atoms with Crippen LogP contribution < -0.4 is 0 Å². The van der Waals surface area contributed by atoms with Gasteiger partial charge < -0.3 is 10.0 Å². The molecule has 0 aliphatic heterocycles. The summed E-state index contributed by atoms with van der Waals surface area (Å²) in [5.41, 5.74) is 2.19. The van der Waals surface area contributed by atoms with Crippen molar-refractivity contribution >= 4 is 28.6 Å². The van der Waals surface area contributed by atoms with Crippen LogP contribution in [0, 0.1) is 0 Å². The van der Waals surface area contributed by atoms with E-state index in [0.717, 1.165) is 36.5 Å². The third kappa shape index (κ3) is 7.00. The second-order valence-electron chi connectivity index (χ2n) is 5.47. The van der Waals surface area contributed by atoms with Crippen molar-refractivity contribution in [1.82, 2.24) is 9.88 Å². The van der Waals surface area contributed by atoms with E-state index in [-0.39, 0.29) is 17.0 Å². The highest BCUT2D eigenvalue weighted by atomic mass is 79.9. The summed E-state index contributed by atoms with van der Waals surface area (Å²) in [6.07, 6.45) is 5.00. The minimum absolute atomic E-state index is 0. The molecule has 0 radical (unpaired) electrons. The van der Waals surface area contributed by atoms with E-state index in [0.29, 0.717) is 6.54 Å². The molecule has 1 N–H and O–H groups in total. The van der Waals surface area contributed by atoms with Crippen LogP contribution in [-0.2, 0) is 6.42 Å². The van der Waals surface area contributed by atoms with Crippen molar-refractivity contribution in [2.24, 2.45) is 0 Å². The largest absolute Gasteiger partial charge is 0.387 e. The number of nitrogens with zero attached hydrogens (tertiary/aromatic N) is 2. The molecule has 5 heteroatoms. The lowest BCUT2D eigenvalue weighted by Crippen LogP contribution is -2.31. The first kappa shape index (κ1) is 20.1. The minimum Gasteiger partial charge on any atom is -0.387 e. The van der Waals surface area contributed by atoms with Gasteiger partial charge in [0, 0.05) is 30.5 Å². The topological polar surface area (TPSA) is 36.4 Å². The summed E-state index contributed by atoms with van der Waals surface area (Å²) in [7, 11) is 0. The Labute approximate surface area is 154 Å². The Kier molecular flexibility index (Phi) is 9.41. The Balaban J connectivity index is 0.00000264. The zero-order valence-corrected chi connectivity index (χ0v) is 15.8. The molecule has 23 heavy (non-hydrogen) atoms. The molecule has 0 aliphatic rings. The number of aliphatic hydroxyl groups excluding tert-OH is 1. The average Bonchev–Trinajstić information content (AvgIpc) is 2.55. The Morgan fingerprint density at radius 1 is 1.09 bits per heavy atom. The number of rotatable bonds is 8. The van der Waals surface area contributed by atoms with Crippen molar-refractivity contribution < 1.29 is 5.11 Å². The van der Waals surface area contributed by atoms with Crippen molar-refractivity contribution in [3.63, 3.8) is 0 Å². The second-order valence-corrected chi connectivity index (χ2v) is 5.91. The summed E-state index contributed by atoms with van der Waals surface area (Å²) >= 11 is 5.91. The molecule has 3 nitrogen and oxygen atoms in total. The van der Waals surface area contributed by atoms with Gasteiger partial charge in [-0.1, -0.05) is 30.7 Å². The van der Waals surface area contributed by atoms with Crippen molar-refractivity contribution in [2.45, 2.75) is 25.9 Å². The number of benzene rings is 1. The molecular formula is C18H24BrClN2O. The first-order valence-corrected chi connectivity index (χ1v) is 8.11. The van der Waals surface area contributed by atoms with E-state index in [1.165, 1.54) is 5.56 Å². The molecule has 1 atom stereocenters.